The molecule has 2 aliphatic rings. The molecular weight excluding hydrogens is 556 g/mol. The first-order chi connectivity index (χ1) is 20.4. The molecule has 2 rings (SSSR count). The summed E-state index contributed by atoms with van der Waals surface area (Å²) in [6.45, 7) is 10.9. The van der Waals surface area contributed by atoms with E-state index < -0.39 is 0 Å². The molecule has 12 heteroatoms. The summed E-state index contributed by atoms with van der Waals surface area (Å²) in [5, 5.41) is 5.62. The van der Waals surface area contributed by atoms with E-state index in [9.17, 15) is 28.8 Å². The lowest BCUT2D eigenvalue weighted by Crippen LogP contribution is -2.34. The number of carbonyl (C=O) groups is 6. The van der Waals surface area contributed by atoms with Crippen LogP contribution in [0.5, 0.6) is 0 Å². The highest BCUT2D eigenvalue weighted by Crippen LogP contribution is 2.35. The van der Waals surface area contributed by atoms with Gasteiger partial charge < -0.3 is 20.1 Å². The summed E-state index contributed by atoms with van der Waals surface area (Å²) >= 11 is 0. The van der Waals surface area contributed by atoms with Crippen molar-refractivity contribution in [3.05, 3.63) is 0 Å². The fourth-order valence-electron chi connectivity index (χ4n) is 5.17. The molecule has 2 N–H and O–H groups in total. The molecule has 2 fully saturated rings. The third-order valence-corrected chi connectivity index (χ3v) is 7.84. The molecule has 2 aliphatic heterocycles. The number of rotatable bonds is 21. The first-order valence-electron chi connectivity index (χ1n) is 15.8. The molecule has 1 unspecified atom stereocenters. The highest BCUT2D eigenvalue weighted by atomic mass is 16.5. The number of hydrogen-bond acceptors (Lipinski definition) is 8. The van der Waals surface area contributed by atoms with Crippen LogP contribution in [0.25, 0.3) is 0 Å². The van der Waals surface area contributed by atoms with Gasteiger partial charge in [0.05, 0.1) is 32.3 Å². The highest BCUT2D eigenvalue weighted by Gasteiger charge is 2.44. The van der Waals surface area contributed by atoms with E-state index in [0.29, 0.717) is 97.6 Å². The summed E-state index contributed by atoms with van der Waals surface area (Å²) in [5.41, 5.74) is -0.222. The van der Waals surface area contributed by atoms with Crippen molar-refractivity contribution in [3.63, 3.8) is 0 Å². The molecule has 0 saturated carbocycles. The molecular formula is C31H52N4O8. The van der Waals surface area contributed by atoms with E-state index in [2.05, 4.69) is 10.6 Å². The molecule has 0 aromatic rings. The largest absolute Gasteiger partial charge is 0.377 e. The number of hydrogen-bond donors (Lipinski definition) is 2. The van der Waals surface area contributed by atoms with Crippen LogP contribution >= 0.6 is 0 Å². The second-order valence-electron chi connectivity index (χ2n) is 12.5. The zero-order valence-corrected chi connectivity index (χ0v) is 26.5. The maximum Gasteiger partial charge on any atom is 0.233 e. The number of imide groups is 2. The van der Waals surface area contributed by atoms with E-state index in [1.54, 1.807) is 6.92 Å². The Morgan fingerprint density at radius 3 is 1.58 bits per heavy atom. The molecule has 244 valence electrons. The molecule has 6 amide bonds. The normalized spacial score (nSPS) is 19.1. The van der Waals surface area contributed by atoms with Crippen molar-refractivity contribution >= 4 is 35.4 Å². The first kappa shape index (κ1) is 36.3. The minimum atomic E-state index is -0.251. The van der Waals surface area contributed by atoms with E-state index in [0.717, 1.165) is 12.8 Å². The number of ether oxygens (including phenoxy) is 2. The Bertz CT molecular complexity index is 964. The van der Waals surface area contributed by atoms with Crippen molar-refractivity contribution in [1.29, 1.82) is 0 Å². The van der Waals surface area contributed by atoms with Crippen LogP contribution in [-0.4, -0.2) is 97.8 Å². The van der Waals surface area contributed by atoms with Crippen LogP contribution < -0.4 is 10.6 Å². The Kier molecular flexibility index (Phi) is 15.8. The van der Waals surface area contributed by atoms with Crippen LogP contribution in [0.3, 0.4) is 0 Å². The number of nitrogens with zero attached hydrogens (tertiary/aromatic N) is 2. The van der Waals surface area contributed by atoms with E-state index in [1.165, 1.54) is 9.80 Å². The van der Waals surface area contributed by atoms with E-state index in [-0.39, 0.29) is 59.1 Å². The molecule has 2 saturated heterocycles. The summed E-state index contributed by atoms with van der Waals surface area (Å²) < 4.78 is 10.9. The summed E-state index contributed by atoms with van der Waals surface area (Å²) in [5.74, 6) is -0.939. The second kappa shape index (κ2) is 18.7. The lowest BCUT2D eigenvalue weighted by molar-refractivity contribution is -0.141. The van der Waals surface area contributed by atoms with Crippen LogP contribution in [0.4, 0.5) is 0 Å². The van der Waals surface area contributed by atoms with Crippen molar-refractivity contribution in [2.75, 3.05) is 52.6 Å². The molecule has 0 radical (unpaired) electrons. The third kappa shape index (κ3) is 13.1. The van der Waals surface area contributed by atoms with Gasteiger partial charge in [-0.1, -0.05) is 40.5 Å². The van der Waals surface area contributed by atoms with Crippen molar-refractivity contribution in [1.82, 2.24) is 20.4 Å². The molecule has 12 nitrogen and oxygen atoms in total. The summed E-state index contributed by atoms with van der Waals surface area (Å²) in [7, 11) is 0. The molecule has 43 heavy (non-hydrogen) atoms. The molecule has 2 atom stereocenters. The Hall–Kier alpha value is -2.86. The van der Waals surface area contributed by atoms with Gasteiger partial charge in [0, 0.05) is 57.8 Å². The van der Waals surface area contributed by atoms with Crippen LogP contribution in [0.2, 0.25) is 0 Å². The average Bonchev–Trinajstić information content (AvgIpc) is 3.37. The molecule has 0 aromatic carbocycles. The summed E-state index contributed by atoms with van der Waals surface area (Å²) in [6.07, 6.45) is 5.70. The monoisotopic (exact) mass is 608 g/mol. The summed E-state index contributed by atoms with van der Waals surface area (Å²) in [4.78, 5) is 75.0. The predicted molar refractivity (Wildman–Crippen MR) is 159 cm³/mol. The zero-order chi connectivity index (χ0) is 31.8. The van der Waals surface area contributed by atoms with Crippen molar-refractivity contribution in [2.24, 2.45) is 17.3 Å². The molecule has 0 spiro atoms. The lowest BCUT2D eigenvalue weighted by atomic mass is 9.80. The standard InChI is InChI=1S/C31H52N4O8/c1-23-21-27(38)34(29(23)40)15-9-5-7-11-25(36)32-13-17-42-19-20-43-18-14-33-26(37)12-8-6-10-16-35-28(39)22-24(30(35)41)31(2,3)4/h23-24H,5-22H2,1-4H3,(H,32,36)(H,33,37)/t23-,24?/m0/s1. The van der Waals surface area contributed by atoms with Gasteiger partial charge in [0.1, 0.15) is 0 Å². The molecule has 0 aliphatic carbocycles. The molecule has 0 bridgehead atoms. The minimum Gasteiger partial charge on any atom is -0.377 e. The van der Waals surface area contributed by atoms with Gasteiger partial charge in [-0.2, -0.15) is 0 Å². The highest BCUT2D eigenvalue weighted by molar-refractivity contribution is 6.04. The Morgan fingerprint density at radius 1 is 0.698 bits per heavy atom. The maximum atomic E-state index is 12.5. The number of unbranched alkanes of at least 4 members (excludes halogenated alkanes) is 4. The van der Waals surface area contributed by atoms with Gasteiger partial charge in [-0.25, -0.2) is 0 Å². The van der Waals surface area contributed by atoms with Gasteiger partial charge in [0.15, 0.2) is 0 Å². The maximum absolute atomic E-state index is 12.5. The van der Waals surface area contributed by atoms with E-state index in [1.807, 2.05) is 20.8 Å². The predicted octanol–water partition coefficient (Wildman–Crippen LogP) is 2.19. The van der Waals surface area contributed by atoms with Crippen LogP contribution in [-0.2, 0) is 38.2 Å². The van der Waals surface area contributed by atoms with Gasteiger partial charge in [0.2, 0.25) is 35.4 Å². The SMILES string of the molecule is C[C@H]1CC(=O)N(CCCCCC(=O)NCCOCCOCCNC(=O)CCCCCN2C(=O)CC(C(C)(C)C)C2=O)C1=O. The zero-order valence-electron chi connectivity index (χ0n) is 26.5. The molecule has 0 aromatic heterocycles. The van der Waals surface area contributed by atoms with Crippen LogP contribution in [0.15, 0.2) is 0 Å². The van der Waals surface area contributed by atoms with Gasteiger partial charge in [-0.15, -0.1) is 0 Å². The second-order valence-corrected chi connectivity index (χ2v) is 12.5. The quantitative estimate of drug-likeness (QED) is 0.149. The fraction of sp³-hybridized carbons (Fsp3) is 0.806. The van der Waals surface area contributed by atoms with Gasteiger partial charge in [0.25, 0.3) is 0 Å². The third-order valence-electron chi connectivity index (χ3n) is 7.84. The smallest absolute Gasteiger partial charge is 0.233 e. The average molecular weight is 609 g/mol. The minimum absolute atomic E-state index is 0.0522. The number of likely N-dealkylation sites (tertiary alicyclic amines) is 2. The Morgan fingerprint density at radius 2 is 1.16 bits per heavy atom. The Balaban J connectivity index is 1.34. The van der Waals surface area contributed by atoms with Crippen molar-refractivity contribution in [3.8, 4) is 0 Å². The van der Waals surface area contributed by atoms with Gasteiger partial charge in [-0.3, -0.25) is 38.6 Å². The first-order valence-corrected chi connectivity index (χ1v) is 15.8. The van der Waals surface area contributed by atoms with Crippen molar-refractivity contribution in [2.45, 2.75) is 91.9 Å². The van der Waals surface area contributed by atoms with Crippen LogP contribution in [0.1, 0.15) is 91.9 Å². The Labute approximate surface area is 255 Å². The van der Waals surface area contributed by atoms with E-state index in [4.69, 9.17) is 9.47 Å². The summed E-state index contributed by atoms with van der Waals surface area (Å²) in [6, 6.07) is 0. The van der Waals surface area contributed by atoms with Gasteiger partial charge in [-0.05, 0) is 31.1 Å². The number of nitrogens with one attached hydrogen (secondary N) is 2. The molecule has 2 heterocycles. The number of amides is 6. The fourth-order valence-corrected chi connectivity index (χ4v) is 5.17. The number of carbonyl (C=O) groups excluding carboxylic acids is 6. The topological polar surface area (TPSA) is 151 Å². The van der Waals surface area contributed by atoms with E-state index >= 15 is 0 Å². The van der Waals surface area contributed by atoms with Crippen LogP contribution in [0, 0.1) is 17.3 Å². The van der Waals surface area contributed by atoms with Crippen molar-refractivity contribution < 1.29 is 38.2 Å². The lowest BCUT2D eigenvalue weighted by Gasteiger charge is -2.24. The van der Waals surface area contributed by atoms with Gasteiger partial charge >= 0.3 is 0 Å².